The van der Waals surface area contributed by atoms with Gasteiger partial charge in [0.15, 0.2) is 17.3 Å². The fraction of sp³-hybridized carbons (Fsp3) is 0.323. The van der Waals surface area contributed by atoms with E-state index in [0.29, 0.717) is 29.2 Å². The maximum absolute atomic E-state index is 13.4. The number of rotatable bonds is 9. The Labute approximate surface area is 230 Å². The third-order valence-corrected chi connectivity index (χ3v) is 6.72. The largest absolute Gasteiger partial charge is 0.419 e. The topological polar surface area (TPSA) is 81.7 Å². The van der Waals surface area contributed by atoms with Gasteiger partial charge >= 0.3 is 11.9 Å². The SMILES string of the molecule is CCC(NC1CCCC1)C(=O)c1ccc(OC(=O)c2ccc(C)cc2)c(OC(=O)c2ccc(C)cc2)c1.Cl. The molecule has 0 spiro atoms. The predicted molar refractivity (Wildman–Crippen MR) is 150 cm³/mol. The molecule has 1 aliphatic carbocycles. The molecule has 1 aliphatic rings. The number of hydrogen-bond donors (Lipinski definition) is 1. The van der Waals surface area contributed by atoms with Gasteiger partial charge in [-0.2, -0.15) is 0 Å². The lowest BCUT2D eigenvalue weighted by Gasteiger charge is -2.21. The highest BCUT2D eigenvalue weighted by molar-refractivity contribution is 6.01. The minimum atomic E-state index is -0.603. The van der Waals surface area contributed by atoms with Crippen LogP contribution >= 0.6 is 12.4 Å². The Hall–Kier alpha value is -3.48. The molecule has 0 bridgehead atoms. The number of ether oxygens (including phenoxy) is 2. The van der Waals surface area contributed by atoms with Crippen LogP contribution in [-0.2, 0) is 0 Å². The zero-order valence-electron chi connectivity index (χ0n) is 22.0. The molecule has 3 aromatic rings. The van der Waals surface area contributed by atoms with Crippen LogP contribution in [0, 0.1) is 13.8 Å². The van der Waals surface area contributed by atoms with Crippen molar-refractivity contribution in [1.29, 1.82) is 0 Å². The highest BCUT2D eigenvalue weighted by Gasteiger charge is 2.26. The first kappa shape index (κ1) is 29.1. The Morgan fingerprint density at radius 1 is 0.763 bits per heavy atom. The van der Waals surface area contributed by atoms with Crippen LogP contribution in [0.15, 0.2) is 66.7 Å². The van der Waals surface area contributed by atoms with Gasteiger partial charge in [-0.3, -0.25) is 4.79 Å². The Morgan fingerprint density at radius 3 is 1.74 bits per heavy atom. The molecule has 0 saturated heterocycles. The molecule has 0 heterocycles. The number of nitrogens with one attached hydrogen (secondary N) is 1. The van der Waals surface area contributed by atoms with Crippen molar-refractivity contribution in [2.24, 2.45) is 0 Å². The molecule has 4 rings (SSSR count). The average Bonchev–Trinajstić information content (AvgIpc) is 3.42. The van der Waals surface area contributed by atoms with Gasteiger partial charge < -0.3 is 14.8 Å². The van der Waals surface area contributed by atoms with Gasteiger partial charge in [0.1, 0.15) is 0 Å². The van der Waals surface area contributed by atoms with E-state index in [4.69, 9.17) is 9.47 Å². The summed E-state index contributed by atoms with van der Waals surface area (Å²) in [7, 11) is 0. The van der Waals surface area contributed by atoms with E-state index in [-0.39, 0.29) is 35.7 Å². The molecule has 6 nitrogen and oxygen atoms in total. The summed E-state index contributed by atoms with van der Waals surface area (Å²) >= 11 is 0. The molecule has 0 aliphatic heterocycles. The first-order valence-electron chi connectivity index (χ1n) is 12.9. The summed E-state index contributed by atoms with van der Waals surface area (Å²) in [6.45, 7) is 5.83. The van der Waals surface area contributed by atoms with E-state index >= 15 is 0 Å². The quantitative estimate of drug-likeness (QED) is 0.187. The Morgan fingerprint density at radius 2 is 1.24 bits per heavy atom. The number of esters is 2. The minimum Gasteiger partial charge on any atom is -0.419 e. The summed E-state index contributed by atoms with van der Waals surface area (Å²) in [5.74, 6) is -1.18. The van der Waals surface area contributed by atoms with E-state index in [9.17, 15) is 14.4 Å². The number of halogens is 1. The van der Waals surface area contributed by atoms with Crippen molar-refractivity contribution >= 4 is 30.1 Å². The average molecular weight is 536 g/mol. The van der Waals surface area contributed by atoms with Crippen LogP contribution < -0.4 is 14.8 Å². The molecular formula is C31H34ClNO5. The summed E-state index contributed by atoms with van der Waals surface area (Å²) in [4.78, 5) is 39.1. The summed E-state index contributed by atoms with van der Waals surface area (Å²) < 4.78 is 11.3. The number of hydrogen-bond acceptors (Lipinski definition) is 6. The zero-order valence-corrected chi connectivity index (χ0v) is 22.8. The second kappa shape index (κ2) is 13.4. The van der Waals surface area contributed by atoms with Gasteiger partial charge in [-0.05, 0) is 75.6 Å². The molecular weight excluding hydrogens is 502 g/mol. The third-order valence-electron chi connectivity index (χ3n) is 6.72. The number of ketones is 1. The summed E-state index contributed by atoms with van der Waals surface area (Å²) in [5, 5.41) is 3.49. The fourth-order valence-electron chi connectivity index (χ4n) is 4.48. The molecule has 3 aromatic carbocycles. The molecule has 0 amide bonds. The molecule has 1 atom stereocenters. The maximum atomic E-state index is 13.4. The first-order chi connectivity index (χ1) is 17.8. The van der Waals surface area contributed by atoms with E-state index in [0.717, 1.165) is 24.0 Å². The second-order valence-corrected chi connectivity index (χ2v) is 9.65. The van der Waals surface area contributed by atoms with Crippen molar-refractivity contribution in [3.63, 3.8) is 0 Å². The smallest absolute Gasteiger partial charge is 0.343 e. The lowest BCUT2D eigenvalue weighted by atomic mass is 10.0. The molecule has 0 aromatic heterocycles. The maximum Gasteiger partial charge on any atom is 0.343 e. The highest BCUT2D eigenvalue weighted by atomic mass is 35.5. The van der Waals surface area contributed by atoms with E-state index < -0.39 is 11.9 Å². The molecule has 1 saturated carbocycles. The van der Waals surface area contributed by atoms with Crippen LogP contribution in [0.4, 0.5) is 0 Å². The number of carbonyl (C=O) groups excluding carboxylic acids is 3. The van der Waals surface area contributed by atoms with Crippen molar-refractivity contribution in [3.8, 4) is 11.5 Å². The minimum absolute atomic E-state index is 0. The predicted octanol–water partition coefficient (Wildman–Crippen LogP) is 6.66. The molecule has 1 unspecified atom stereocenters. The zero-order chi connectivity index (χ0) is 26.4. The van der Waals surface area contributed by atoms with Crippen LogP contribution in [0.3, 0.4) is 0 Å². The van der Waals surface area contributed by atoms with Gasteiger partial charge in [0.25, 0.3) is 0 Å². The monoisotopic (exact) mass is 535 g/mol. The molecule has 0 radical (unpaired) electrons. The number of Topliss-reactive ketones (excluding diaryl/α,β-unsaturated/α-hetero) is 1. The summed E-state index contributed by atoms with van der Waals surface area (Å²) in [5.41, 5.74) is 3.14. The summed E-state index contributed by atoms with van der Waals surface area (Å²) in [6, 6.07) is 18.6. The van der Waals surface area contributed by atoms with Crippen LogP contribution in [0.2, 0.25) is 0 Å². The fourth-order valence-corrected chi connectivity index (χ4v) is 4.48. The Balaban J connectivity index is 0.00000400. The standard InChI is InChI=1S/C31H33NO5.ClH/c1-4-26(32-25-7-5-6-8-25)29(33)24-17-18-27(36-30(34)22-13-9-20(2)10-14-22)28(19-24)37-31(35)23-15-11-21(3)12-16-23;/h9-19,25-26,32H,4-8H2,1-3H3;1H. The van der Waals surface area contributed by atoms with Crippen LogP contribution in [0.5, 0.6) is 11.5 Å². The van der Waals surface area contributed by atoms with Crippen LogP contribution in [0.1, 0.15) is 81.2 Å². The van der Waals surface area contributed by atoms with Crippen molar-refractivity contribution in [3.05, 3.63) is 94.5 Å². The molecule has 200 valence electrons. The number of benzene rings is 3. The molecule has 7 heteroatoms. The van der Waals surface area contributed by atoms with E-state index in [1.54, 1.807) is 30.3 Å². The van der Waals surface area contributed by atoms with Gasteiger partial charge in [0.2, 0.25) is 0 Å². The van der Waals surface area contributed by atoms with Gasteiger partial charge in [-0.15, -0.1) is 12.4 Å². The molecule has 1 fully saturated rings. The normalized spacial score (nSPS) is 13.9. The Kier molecular flexibility index (Phi) is 10.2. The Bertz CT molecular complexity index is 1260. The van der Waals surface area contributed by atoms with Crippen molar-refractivity contribution in [1.82, 2.24) is 5.32 Å². The van der Waals surface area contributed by atoms with E-state index in [1.165, 1.54) is 25.0 Å². The van der Waals surface area contributed by atoms with Crippen LogP contribution in [0.25, 0.3) is 0 Å². The molecule has 1 N–H and O–H groups in total. The molecule has 38 heavy (non-hydrogen) atoms. The van der Waals surface area contributed by atoms with Gasteiger partial charge in [-0.25, -0.2) is 9.59 Å². The lowest BCUT2D eigenvalue weighted by Crippen LogP contribution is -2.41. The van der Waals surface area contributed by atoms with Gasteiger partial charge in [-0.1, -0.05) is 55.2 Å². The summed E-state index contributed by atoms with van der Waals surface area (Å²) in [6.07, 6.45) is 5.11. The number of aryl methyl sites for hydroxylation is 2. The van der Waals surface area contributed by atoms with Crippen molar-refractivity contribution in [2.45, 2.75) is 65.0 Å². The number of carbonyl (C=O) groups is 3. The second-order valence-electron chi connectivity index (χ2n) is 9.65. The first-order valence-corrected chi connectivity index (χ1v) is 12.9. The third kappa shape index (κ3) is 7.30. The van der Waals surface area contributed by atoms with Crippen molar-refractivity contribution in [2.75, 3.05) is 0 Å². The van der Waals surface area contributed by atoms with Gasteiger partial charge in [0.05, 0.1) is 17.2 Å². The van der Waals surface area contributed by atoms with E-state index in [2.05, 4.69) is 5.32 Å². The highest BCUT2D eigenvalue weighted by Crippen LogP contribution is 2.31. The van der Waals surface area contributed by atoms with E-state index in [1.807, 2.05) is 45.0 Å². The van der Waals surface area contributed by atoms with Crippen molar-refractivity contribution < 1.29 is 23.9 Å². The van der Waals surface area contributed by atoms with Crippen LogP contribution in [-0.4, -0.2) is 29.8 Å². The lowest BCUT2D eigenvalue weighted by molar-refractivity contribution is 0.0682. The van der Waals surface area contributed by atoms with Gasteiger partial charge in [0, 0.05) is 11.6 Å².